The number of anilines is 3. The summed E-state index contributed by atoms with van der Waals surface area (Å²) >= 11 is 5.70. The summed E-state index contributed by atoms with van der Waals surface area (Å²) in [7, 11) is 4.16. The Balaban J connectivity index is 1.32. The van der Waals surface area contributed by atoms with E-state index in [1.54, 1.807) is 0 Å². The summed E-state index contributed by atoms with van der Waals surface area (Å²) in [6, 6.07) is 7.32. The maximum Gasteiger partial charge on any atom is 0.225 e. The molecular formula is C27H40N6S. The van der Waals surface area contributed by atoms with Gasteiger partial charge in [-0.15, -0.1) is 0 Å². The van der Waals surface area contributed by atoms with Crippen LogP contribution in [0.25, 0.3) is 0 Å². The van der Waals surface area contributed by atoms with Crippen molar-refractivity contribution in [2.45, 2.75) is 90.1 Å². The highest BCUT2D eigenvalue weighted by molar-refractivity contribution is 7.80. The Morgan fingerprint density at radius 3 is 2.26 bits per heavy atom. The second-order valence-electron chi connectivity index (χ2n) is 9.85. The van der Waals surface area contributed by atoms with Crippen LogP contribution in [-0.4, -0.2) is 41.3 Å². The van der Waals surface area contributed by atoms with Crippen molar-refractivity contribution in [3.05, 3.63) is 40.6 Å². The summed E-state index contributed by atoms with van der Waals surface area (Å²) in [5, 5.41) is 11.5. The molecule has 1 aromatic heterocycles. The zero-order chi connectivity index (χ0) is 24.1. The van der Waals surface area contributed by atoms with E-state index in [0.717, 1.165) is 68.2 Å². The van der Waals surface area contributed by atoms with Gasteiger partial charge in [0.2, 0.25) is 5.95 Å². The predicted octanol–water partition coefficient (Wildman–Crippen LogP) is 5.26. The van der Waals surface area contributed by atoms with Gasteiger partial charge in [0.05, 0.1) is 5.69 Å². The van der Waals surface area contributed by atoms with Crippen LogP contribution in [0, 0.1) is 0 Å². The number of thiocarbonyl (C=S) groups is 1. The Hall–Kier alpha value is -2.41. The van der Waals surface area contributed by atoms with Gasteiger partial charge in [-0.25, -0.2) is 4.98 Å². The average Bonchev–Trinajstić information content (AvgIpc) is 2.84. The fraction of sp³-hybridized carbons (Fsp3) is 0.593. The number of aryl methyl sites for hydroxylation is 3. The number of hydrogen-bond donors (Lipinski definition) is 3. The van der Waals surface area contributed by atoms with E-state index in [1.165, 1.54) is 40.9 Å². The molecule has 2 aliphatic carbocycles. The summed E-state index contributed by atoms with van der Waals surface area (Å²) in [5.41, 5.74) is 6.39. The molecule has 0 saturated heterocycles. The molecule has 1 heterocycles. The van der Waals surface area contributed by atoms with Gasteiger partial charge < -0.3 is 20.9 Å². The number of nitrogens with zero attached hydrogens (tertiary/aromatic N) is 3. The van der Waals surface area contributed by atoms with Crippen molar-refractivity contribution in [2.24, 2.45) is 0 Å². The fourth-order valence-electron chi connectivity index (χ4n) is 5.31. The van der Waals surface area contributed by atoms with Crippen LogP contribution >= 0.6 is 12.2 Å². The molecule has 2 aliphatic rings. The van der Waals surface area contributed by atoms with Crippen LogP contribution in [-0.2, 0) is 25.7 Å². The number of fused-ring (bicyclic) bond motifs is 1. The van der Waals surface area contributed by atoms with Gasteiger partial charge in [0.15, 0.2) is 5.11 Å². The molecule has 1 fully saturated rings. The molecular weight excluding hydrogens is 440 g/mol. The van der Waals surface area contributed by atoms with Gasteiger partial charge in [-0.1, -0.05) is 32.0 Å². The zero-order valence-corrected chi connectivity index (χ0v) is 22.0. The topological polar surface area (TPSA) is 65.1 Å². The monoisotopic (exact) mass is 480 g/mol. The lowest BCUT2D eigenvalue weighted by molar-refractivity contribution is 0.387. The lowest BCUT2D eigenvalue weighted by atomic mass is 9.91. The van der Waals surface area contributed by atoms with Crippen molar-refractivity contribution >= 4 is 34.8 Å². The summed E-state index contributed by atoms with van der Waals surface area (Å²) in [6.45, 7) is 4.39. The second-order valence-corrected chi connectivity index (χ2v) is 10.3. The minimum atomic E-state index is 0.402. The van der Waals surface area contributed by atoms with E-state index >= 15 is 0 Å². The van der Waals surface area contributed by atoms with Crippen LogP contribution < -0.4 is 20.9 Å². The third-order valence-corrected chi connectivity index (χ3v) is 7.44. The van der Waals surface area contributed by atoms with Crippen molar-refractivity contribution in [2.75, 3.05) is 29.6 Å². The van der Waals surface area contributed by atoms with Crippen LogP contribution in [0.1, 0.15) is 74.8 Å². The van der Waals surface area contributed by atoms with Crippen LogP contribution in [0.4, 0.5) is 17.5 Å². The quantitative estimate of drug-likeness (QED) is 0.467. The molecule has 0 bridgehead atoms. The van der Waals surface area contributed by atoms with Crippen molar-refractivity contribution < 1.29 is 0 Å². The maximum atomic E-state index is 5.70. The number of nitrogens with one attached hydrogen (secondary N) is 3. The van der Waals surface area contributed by atoms with E-state index in [9.17, 15) is 0 Å². The zero-order valence-electron chi connectivity index (χ0n) is 21.2. The number of rotatable bonds is 7. The molecule has 1 saturated carbocycles. The fourth-order valence-corrected chi connectivity index (χ4v) is 5.58. The molecule has 0 atom stereocenters. The molecule has 184 valence electrons. The van der Waals surface area contributed by atoms with E-state index in [4.69, 9.17) is 22.2 Å². The van der Waals surface area contributed by atoms with Crippen LogP contribution in [0.15, 0.2) is 18.2 Å². The highest BCUT2D eigenvalue weighted by atomic mass is 32.1. The molecule has 2 aromatic rings. The Labute approximate surface area is 210 Å². The molecule has 4 rings (SSSR count). The molecule has 34 heavy (non-hydrogen) atoms. The third-order valence-electron chi connectivity index (χ3n) is 7.22. The van der Waals surface area contributed by atoms with Gasteiger partial charge in [-0.05, 0) is 87.6 Å². The normalized spacial score (nSPS) is 19.8. The summed E-state index contributed by atoms with van der Waals surface area (Å²) < 4.78 is 0. The van der Waals surface area contributed by atoms with E-state index in [-0.39, 0.29) is 0 Å². The Morgan fingerprint density at radius 2 is 1.62 bits per heavy atom. The number of hydrogen-bond acceptors (Lipinski definition) is 5. The molecule has 0 radical (unpaired) electrons. The molecule has 0 spiro atoms. The first kappa shape index (κ1) is 24.7. The first-order chi connectivity index (χ1) is 16.5. The number of aromatic nitrogens is 2. The number of benzene rings is 1. The average molecular weight is 481 g/mol. The van der Waals surface area contributed by atoms with Gasteiger partial charge in [-0.3, -0.25) is 0 Å². The van der Waals surface area contributed by atoms with Crippen LogP contribution in [0.3, 0.4) is 0 Å². The van der Waals surface area contributed by atoms with Gasteiger partial charge in [0.1, 0.15) is 5.82 Å². The number of para-hydroxylation sites is 1. The van der Waals surface area contributed by atoms with E-state index in [0.29, 0.717) is 12.1 Å². The second kappa shape index (κ2) is 11.3. The van der Waals surface area contributed by atoms with E-state index in [1.807, 2.05) is 0 Å². The van der Waals surface area contributed by atoms with E-state index < -0.39 is 0 Å². The van der Waals surface area contributed by atoms with Gasteiger partial charge in [0, 0.05) is 37.4 Å². The van der Waals surface area contributed by atoms with Gasteiger partial charge in [-0.2, -0.15) is 4.98 Å². The minimum Gasteiger partial charge on any atom is -0.362 e. The minimum absolute atomic E-state index is 0.402. The molecule has 3 N–H and O–H groups in total. The Morgan fingerprint density at radius 1 is 0.971 bits per heavy atom. The first-order valence-corrected chi connectivity index (χ1v) is 13.4. The summed E-state index contributed by atoms with van der Waals surface area (Å²) in [4.78, 5) is 11.9. The Bertz CT molecular complexity index is 975. The maximum absolute atomic E-state index is 5.70. The Kier molecular flexibility index (Phi) is 8.24. The summed E-state index contributed by atoms with van der Waals surface area (Å²) in [6.07, 6.45) is 11.0. The van der Waals surface area contributed by atoms with Crippen molar-refractivity contribution in [3.63, 3.8) is 0 Å². The lowest BCUT2D eigenvalue weighted by Gasteiger charge is -2.31. The van der Waals surface area contributed by atoms with Gasteiger partial charge >= 0.3 is 0 Å². The molecule has 7 heteroatoms. The molecule has 0 unspecified atom stereocenters. The molecule has 1 aromatic carbocycles. The predicted molar refractivity (Wildman–Crippen MR) is 147 cm³/mol. The first-order valence-electron chi connectivity index (χ1n) is 13.0. The largest absolute Gasteiger partial charge is 0.362 e. The van der Waals surface area contributed by atoms with Crippen molar-refractivity contribution in [3.8, 4) is 0 Å². The third kappa shape index (κ3) is 5.80. The highest BCUT2D eigenvalue weighted by Gasteiger charge is 2.24. The van der Waals surface area contributed by atoms with Crippen molar-refractivity contribution in [1.29, 1.82) is 0 Å². The SMILES string of the molecule is CCc1cccc(CC)c1NC(=S)NC1CCC(Nc2nc3c(c(N(C)C)n2)CCCC3)CC1. The van der Waals surface area contributed by atoms with Gasteiger partial charge in [0.25, 0.3) is 0 Å². The van der Waals surface area contributed by atoms with Crippen molar-refractivity contribution in [1.82, 2.24) is 15.3 Å². The van der Waals surface area contributed by atoms with E-state index in [2.05, 4.69) is 67.0 Å². The standard InChI is InChI=1S/C27H40N6S/c1-5-18-10-9-11-19(6-2)24(18)31-27(34)29-21-16-14-20(15-17-21)28-26-30-23-13-8-7-12-22(23)25(32-26)33(3)4/h9-11,20-21H,5-8,12-17H2,1-4H3,(H,28,30,32)(H2,29,31,34). The lowest BCUT2D eigenvalue weighted by Crippen LogP contribution is -2.42. The molecule has 6 nitrogen and oxygen atoms in total. The summed E-state index contributed by atoms with van der Waals surface area (Å²) in [5.74, 6) is 1.87. The highest BCUT2D eigenvalue weighted by Crippen LogP contribution is 2.29. The smallest absolute Gasteiger partial charge is 0.225 e. The van der Waals surface area contributed by atoms with Crippen LogP contribution in [0.2, 0.25) is 0 Å². The molecule has 0 aliphatic heterocycles. The molecule has 0 amide bonds. The van der Waals surface area contributed by atoms with Crippen LogP contribution in [0.5, 0.6) is 0 Å².